The van der Waals surface area contributed by atoms with Gasteiger partial charge in [0, 0.05) is 13.0 Å². The van der Waals surface area contributed by atoms with Crippen LogP contribution in [-0.4, -0.2) is 41.3 Å². The van der Waals surface area contributed by atoms with E-state index in [1.54, 1.807) is 12.1 Å². The summed E-state index contributed by atoms with van der Waals surface area (Å²) in [5.41, 5.74) is 1.10. The van der Waals surface area contributed by atoms with E-state index in [0.717, 1.165) is 5.56 Å². The van der Waals surface area contributed by atoms with Gasteiger partial charge in [-0.3, -0.25) is 4.79 Å². The van der Waals surface area contributed by atoms with Gasteiger partial charge in [-0.15, -0.1) is 0 Å². The van der Waals surface area contributed by atoms with Crippen LogP contribution in [0.5, 0.6) is 5.75 Å². The topological polar surface area (TPSA) is 95.9 Å². The van der Waals surface area contributed by atoms with Crippen LogP contribution in [0.15, 0.2) is 24.3 Å². The molecule has 0 aliphatic heterocycles. The molecule has 0 radical (unpaired) electrons. The predicted molar refractivity (Wildman–Crippen MR) is 67.9 cm³/mol. The van der Waals surface area contributed by atoms with E-state index in [9.17, 15) is 9.59 Å². The Labute approximate surface area is 111 Å². The summed E-state index contributed by atoms with van der Waals surface area (Å²) in [4.78, 5) is 21.7. The summed E-state index contributed by atoms with van der Waals surface area (Å²) in [6.07, 6.45) is -1.50. The SMILES string of the molecule is Cc1ccc(OCC(=O)NCCC(O)C(=O)O)cc1. The Morgan fingerprint density at radius 1 is 1.32 bits per heavy atom. The second-order valence-corrected chi connectivity index (χ2v) is 4.09. The molecule has 1 aromatic carbocycles. The zero-order chi connectivity index (χ0) is 14.3. The van der Waals surface area contributed by atoms with E-state index in [2.05, 4.69) is 5.32 Å². The molecule has 1 atom stereocenters. The van der Waals surface area contributed by atoms with Gasteiger partial charge >= 0.3 is 5.97 Å². The normalized spacial score (nSPS) is 11.7. The molecule has 0 bridgehead atoms. The molecule has 0 aliphatic rings. The number of hydrogen-bond acceptors (Lipinski definition) is 4. The molecular weight excluding hydrogens is 250 g/mol. The minimum Gasteiger partial charge on any atom is -0.484 e. The summed E-state index contributed by atoms with van der Waals surface area (Å²) in [5.74, 6) is -1.07. The minimum atomic E-state index is -1.46. The van der Waals surface area contributed by atoms with Gasteiger partial charge in [0.05, 0.1) is 0 Å². The van der Waals surface area contributed by atoms with E-state index < -0.39 is 12.1 Å². The Bertz CT molecular complexity index is 429. The van der Waals surface area contributed by atoms with Crippen LogP contribution in [0.25, 0.3) is 0 Å². The maximum atomic E-state index is 11.4. The molecule has 0 spiro atoms. The summed E-state index contributed by atoms with van der Waals surface area (Å²) in [5, 5.41) is 19.9. The second kappa shape index (κ2) is 7.38. The minimum absolute atomic E-state index is 0.0361. The van der Waals surface area contributed by atoms with Crippen molar-refractivity contribution in [3.05, 3.63) is 29.8 Å². The summed E-state index contributed by atoms with van der Waals surface area (Å²) >= 11 is 0. The number of ether oxygens (including phenoxy) is 1. The van der Waals surface area contributed by atoms with Crippen molar-refractivity contribution in [1.29, 1.82) is 0 Å². The van der Waals surface area contributed by atoms with Crippen LogP contribution < -0.4 is 10.1 Å². The fourth-order valence-corrected chi connectivity index (χ4v) is 1.31. The molecule has 1 unspecified atom stereocenters. The van der Waals surface area contributed by atoms with Crippen LogP contribution in [0.4, 0.5) is 0 Å². The van der Waals surface area contributed by atoms with Gasteiger partial charge < -0.3 is 20.3 Å². The lowest BCUT2D eigenvalue weighted by molar-refractivity contribution is -0.147. The molecule has 0 aromatic heterocycles. The zero-order valence-electron chi connectivity index (χ0n) is 10.6. The standard InChI is InChI=1S/C13H17NO5/c1-9-2-4-10(5-3-9)19-8-12(16)14-7-6-11(15)13(17)18/h2-5,11,15H,6-8H2,1H3,(H,14,16)(H,17,18). The molecule has 3 N–H and O–H groups in total. The molecule has 0 saturated heterocycles. The molecule has 0 saturated carbocycles. The first kappa shape index (κ1) is 15.0. The highest BCUT2D eigenvalue weighted by Gasteiger charge is 2.12. The summed E-state index contributed by atoms with van der Waals surface area (Å²) < 4.78 is 5.24. The average molecular weight is 267 g/mol. The van der Waals surface area contributed by atoms with Crippen molar-refractivity contribution < 1.29 is 24.5 Å². The maximum absolute atomic E-state index is 11.4. The van der Waals surface area contributed by atoms with Gasteiger partial charge in [0.2, 0.25) is 0 Å². The number of benzene rings is 1. The molecule has 19 heavy (non-hydrogen) atoms. The van der Waals surface area contributed by atoms with E-state index in [1.807, 2.05) is 19.1 Å². The molecule has 0 fully saturated rings. The Balaban J connectivity index is 2.21. The van der Waals surface area contributed by atoms with Crippen molar-refractivity contribution in [2.45, 2.75) is 19.4 Å². The monoisotopic (exact) mass is 267 g/mol. The number of nitrogens with one attached hydrogen (secondary N) is 1. The summed E-state index contributed by atoms with van der Waals surface area (Å²) in [7, 11) is 0. The first-order valence-electron chi connectivity index (χ1n) is 5.86. The van der Waals surface area contributed by atoms with E-state index in [4.69, 9.17) is 14.9 Å². The molecule has 1 aromatic rings. The Morgan fingerprint density at radius 2 is 1.95 bits per heavy atom. The highest BCUT2D eigenvalue weighted by Crippen LogP contribution is 2.10. The fourth-order valence-electron chi connectivity index (χ4n) is 1.31. The first-order valence-corrected chi connectivity index (χ1v) is 5.86. The predicted octanol–water partition coefficient (Wildman–Crippen LogP) is 0.326. The number of aliphatic hydroxyl groups excluding tert-OH is 1. The molecule has 0 aliphatic carbocycles. The maximum Gasteiger partial charge on any atom is 0.332 e. The number of carboxylic acids is 1. The van der Waals surface area contributed by atoms with Crippen molar-refractivity contribution in [3.63, 3.8) is 0 Å². The van der Waals surface area contributed by atoms with Crippen LogP contribution in [0, 0.1) is 6.92 Å². The van der Waals surface area contributed by atoms with Crippen LogP contribution in [0.1, 0.15) is 12.0 Å². The number of hydrogen-bond donors (Lipinski definition) is 3. The number of carboxylic acid groups (broad SMARTS) is 1. The smallest absolute Gasteiger partial charge is 0.332 e. The van der Waals surface area contributed by atoms with Crippen molar-refractivity contribution in [2.24, 2.45) is 0 Å². The number of amides is 1. The van der Waals surface area contributed by atoms with Crippen molar-refractivity contribution in [2.75, 3.05) is 13.2 Å². The van der Waals surface area contributed by atoms with E-state index in [-0.39, 0.29) is 25.5 Å². The zero-order valence-corrected chi connectivity index (χ0v) is 10.6. The van der Waals surface area contributed by atoms with Gasteiger partial charge in [-0.2, -0.15) is 0 Å². The second-order valence-electron chi connectivity index (χ2n) is 4.09. The Kier molecular flexibility index (Phi) is 5.81. The van der Waals surface area contributed by atoms with Crippen LogP contribution >= 0.6 is 0 Å². The van der Waals surface area contributed by atoms with E-state index >= 15 is 0 Å². The van der Waals surface area contributed by atoms with Crippen LogP contribution in [0.2, 0.25) is 0 Å². The fraction of sp³-hybridized carbons (Fsp3) is 0.385. The first-order chi connectivity index (χ1) is 8.99. The van der Waals surface area contributed by atoms with Gasteiger partial charge in [-0.05, 0) is 19.1 Å². The van der Waals surface area contributed by atoms with E-state index in [0.29, 0.717) is 5.75 Å². The third-order valence-electron chi connectivity index (χ3n) is 2.42. The number of carbonyl (C=O) groups is 2. The van der Waals surface area contributed by atoms with Crippen LogP contribution in [0.3, 0.4) is 0 Å². The van der Waals surface area contributed by atoms with Crippen molar-refractivity contribution in [1.82, 2.24) is 5.32 Å². The quantitative estimate of drug-likeness (QED) is 0.661. The summed E-state index contributed by atoms with van der Waals surface area (Å²) in [6.45, 7) is 1.89. The van der Waals surface area contributed by atoms with E-state index in [1.165, 1.54) is 0 Å². The van der Waals surface area contributed by atoms with Crippen molar-refractivity contribution in [3.8, 4) is 5.75 Å². The van der Waals surface area contributed by atoms with Crippen molar-refractivity contribution >= 4 is 11.9 Å². The highest BCUT2D eigenvalue weighted by molar-refractivity contribution is 5.77. The van der Waals surface area contributed by atoms with Gasteiger partial charge in [-0.1, -0.05) is 17.7 Å². The average Bonchev–Trinajstić information content (AvgIpc) is 2.37. The van der Waals surface area contributed by atoms with Crippen LogP contribution in [-0.2, 0) is 9.59 Å². The molecule has 1 rings (SSSR count). The number of carbonyl (C=O) groups excluding carboxylic acids is 1. The third kappa shape index (κ3) is 5.87. The van der Waals surface area contributed by atoms with Gasteiger partial charge in [0.15, 0.2) is 12.7 Å². The Hall–Kier alpha value is -2.08. The lowest BCUT2D eigenvalue weighted by Crippen LogP contribution is -2.33. The molecular formula is C13H17NO5. The Morgan fingerprint density at radius 3 is 2.53 bits per heavy atom. The van der Waals surface area contributed by atoms with Gasteiger partial charge in [-0.25, -0.2) is 4.79 Å². The van der Waals surface area contributed by atoms with Gasteiger partial charge in [0.1, 0.15) is 5.75 Å². The lowest BCUT2D eigenvalue weighted by atomic mass is 10.2. The molecule has 6 nitrogen and oxygen atoms in total. The molecule has 104 valence electrons. The molecule has 0 heterocycles. The third-order valence-corrected chi connectivity index (χ3v) is 2.42. The molecule has 6 heteroatoms. The number of aryl methyl sites for hydroxylation is 1. The summed E-state index contributed by atoms with van der Waals surface area (Å²) in [6, 6.07) is 7.26. The highest BCUT2D eigenvalue weighted by atomic mass is 16.5. The number of aliphatic carboxylic acids is 1. The lowest BCUT2D eigenvalue weighted by Gasteiger charge is -2.08. The number of rotatable bonds is 7. The largest absolute Gasteiger partial charge is 0.484 e. The number of aliphatic hydroxyl groups is 1. The molecule has 1 amide bonds. The van der Waals surface area contributed by atoms with Gasteiger partial charge in [0.25, 0.3) is 5.91 Å².